The zero-order valence-electron chi connectivity index (χ0n) is 12.4. The Morgan fingerprint density at radius 3 is 2.16 bits per heavy atom. The zero-order valence-corrected chi connectivity index (χ0v) is 12.4. The Bertz CT molecular complexity index is 430. The van der Waals surface area contributed by atoms with Crippen LogP contribution in [0.15, 0.2) is 21.9 Å². The number of amidine groups is 2. The summed E-state index contributed by atoms with van der Waals surface area (Å²) in [7, 11) is 0. The summed E-state index contributed by atoms with van der Waals surface area (Å²) < 4.78 is 0. The van der Waals surface area contributed by atoms with E-state index in [0.717, 1.165) is 29.1 Å². The molecule has 3 heterocycles. The van der Waals surface area contributed by atoms with Crippen LogP contribution < -0.4 is 0 Å². The lowest BCUT2D eigenvalue weighted by atomic mass is 9.33. The molecule has 2 bridgehead atoms. The minimum atomic E-state index is 0.648. The molecule has 0 aromatic carbocycles. The van der Waals surface area contributed by atoms with Crippen LogP contribution in [0.3, 0.4) is 0 Å². The van der Waals surface area contributed by atoms with Gasteiger partial charge in [-0.1, -0.05) is 38.5 Å². The van der Waals surface area contributed by atoms with Gasteiger partial charge in [0.1, 0.15) is 11.7 Å². The molecule has 102 valence electrons. The molecule has 4 heteroatoms. The molecule has 0 N–H and O–H groups in total. The van der Waals surface area contributed by atoms with E-state index in [0.29, 0.717) is 6.85 Å². The van der Waals surface area contributed by atoms with Crippen LogP contribution in [0.5, 0.6) is 0 Å². The molecule has 19 heavy (non-hydrogen) atoms. The third-order valence-corrected chi connectivity index (χ3v) is 5.02. The fraction of sp³-hybridized carbons (Fsp3) is 0.733. The van der Waals surface area contributed by atoms with Gasteiger partial charge in [0.2, 0.25) is 0 Å². The topological polar surface area (TPSA) is 28.0 Å². The number of hydrogen-bond acceptors (Lipinski definition) is 3. The number of fused-ring (bicyclic) bond motifs is 2. The van der Waals surface area contributed by atoms with Gasteiger partial charge in [-0.15, -0.1) is 0 Å². The zero-order chi connectivity index (χ0) is 13.4. The minimum absolute atomic E-state index is 0.648. The van der Waals surface area contributed by atoms with Crippen molar-refractivity contribution in [1.82, 2.24) is 4.81 Å². The first-order valence-electron chi connectivity index (χ1n) is 7.77. The first-order valence-corrected chi connectivity index (χ1v) is 7.77. The van der Waals surface area contributed by atoms with Crippen molar-refractivity contribution in [3.8, 4) is 0 Å². The Balaban J connectivity index is 1.94. The molecule has 3 nitrogen and oxygen atoms in total. The van der Waals surface area contributed by atoms with Crippen molar-refractivity contribution in [2.75, 3.05) is 0 Å². The predicted octanol–water partition coefficient (Wildman–Crippen LogP) is 4.10. The second kappa shape index (κ2) is 5.14. The molecule has 0 saturated carbocycles. The van der Waals surface area contributed by atoms with Gasteiger partial charge in [0.05, 0.1) is 5.84 Å². The third kappa shape index (κ3) is 2.26. The van der Waals surface area contributed by atoms with E-state index in [4.69, 9.17) is 0 Å². The van der Waals surface area contributed by atoms with E-state index in [1.165, 1.54) is 38.5 Å². The van der Waals surface area contributed by atoms with E-state index in [9.17, 15) is 0 Å². The molecule has 3 rings (SSSR count). The van der Waals surface area contributed by atoms with Gasteiger partial charge in [-0.2, -0.15) is 0 Å². The summed E-state index contributed by atoms with van der Waals surface area (Å²) in [6.07, 6.45) is 10.6. The van der Waals surface area contributed by atoms with Gasteiger partial charge in [0, 0.05) is 0 Å². The van der Waals surface area contributed by atoms with Gasteiger partial charge < -0.3 is 4.81 Å². The fourth-order valence-corrected chi connectivity index (χ4v) is 4.33. The molecule has 0 amide bonds. The molecule has 0 aromatic rings. The van der Waals surface area contributed by atoms with Crippen molar-refractivity contribution in [1.29, 1.82) is 0 Å². The van der Waals surface area contributed by atoms with E-state index in [2.05, 4.69) is 34.7 Å². The van der Waals surface area contributed by atoms with Gasteiger partial charge in [-0.25, -0.2) is 9.98 Å². The lowest BCUT2D eigenvalue weighted by Crippen LogP contribution is -2.51. The molecule has 2 fully saturated rings. The second-order valence-corrected chi connectivity index (χ2v) is 6.21. The van der Waals surface area contributed by atoms with Crippen LogP contribution in [0.2, 0.25) is 11.6 Å². The van der Waals surface area contributed by atoms with Crippen LogP contribution in [0.25, 0.3) is 0 Å². The minimum Gasteiger partial charge on any atom is -0.360 e. The monoisotopic (exact) mass is 257 g/mol. The smallest absolute Gasteiger partial charge is 0.270 e. The largest absolute Gasteiger partial charge is 0.360 e. The number of aliphatic imine (C=N–C) groups is 2. The summed E-state index contributed by atoms with van der Waals surface area (Å²) in [6, 6.07) is 0. The van der Waals surface area contributed by atoms with Crippen molar-refractivity contribution in [2.24, 2.45) is 9.98 Å². The van der Waals surface area contributed by atoms with Crippen LogP contribution in [0, 0.1) is 0 Å². The molecule has 0 aromatic heterocycles. The summed E-state index contributed by atoms with van der Waals surface area (Å²) in [4.78, 5) is 11.7. The summed E-state index contributed by atoms with van der Waals surface area (Å²) in [5.41, 5.74) is 0. The van der Waals surface area contributed by atoms with Crippen LogP contribution in [0.1, 0.15) is 59.3 Å². The molecule has 0 radical (unpaired) electrons. The number of rotatable bonds is 1. The lowest BCUT2D eigenvalue weighted by Gasteiger charge is -2.47. The highest BCUT2D eigenvalue weighted by Crippen LogP contribution is 2.48. The van der Waals surface area contributed by atoms with E-state index >= 15 is 0 Å². The van der Waals surface area contributed by atoms with E-state index in [1.54, 1.807) is 0 Å². The van der Waals surface area contributed by atoms with Gasteiger partial charge in [-0.3, -0.25) is 0 Å². The molecule has 0 atom stereocenters. The predicted molar refractivity (Wildman–Crippen MR) is 82.8 cm³/mol. The highest BCUT2D eigenvalue weighted by Gasteiger charge is 2.45. The Labute approximate surface area is 117 Å². The Hall–Kier alpha value is -1.06. The van der Waals surface area contributed by atoms with Gasteiger partial charge in [0.25, 0.3) is 6.85 Å². The maximum Gasteiger partial charge on any atom is 0.270 e. The maximum atomic E-state index is 4.65. The fourth-order valence-electron chi connectivity index (χ4n) is 4.33. The normalized spacial score (nSPS) is 33.3. The van der Waals surface area contributed by atoms with Crippen molar-refractivity contribution in [3.05, 3.63) is 11.9 Å². The molecular formula is C15H24BN3. The first kappa shape index (κ1) is 13.0. The van der Waals surface area contributed by atoms with Crippen LogP contribution >= 0.6 is 0 Å². The summed E-state index contributed by atoms with van der Waals surface area (Å²) in [5.74, 6) is 4.85. The molecule has 2 saturated heterocycles. The molecule has 3 aliphatic heterocycles. The lowest BCUT2D eigenvalue weighted by molar-refractivity contribution is 0.418. The Kier molecular flexibility index (Phi) is 3.51. The Morgan fingerprint density at radius 2 is 1.63 bits per heavy atom. The van der Waals surface area contributed by atoms with Crippen molar-refractivity contribution >= 4 is 18.5 Å². The van der Waals surface area contributed by atoms with Crippen molar-refractivity contribution < 1.29 is 0 Å². The van der Waals surface area contributed by atoms with Crippen LogP contribution in [0.4, 0.5) is 0 Å². The number of allylic oxidation sites excluding steroid dienone is 1. The van der Waals surface area contributed by atoms with Crippen LogP contribution in [-0.4, -0.2) is 23.3 Å². The SMILES string of the molecule is C/C=C1\N=C(C)N=C(C)N1B1C2CCCC1CCC2. The van der Waals surface area contributed by atoms with Crippen molar-refractivity contribution in [2.45, 2.75) is 70.9 Å². The number of hydrogen-bond donors (Lipinski definition) is 0. The third-order valence-electron chi connectivity index (χ3n) is 5.02. The Morgan fingerprint density at radius 1 is 1.05 bits per heavy atom. The average Bonchev–Trinajstić information content (AvgIpc) is 2.37. The average molecular weight is 257 g/mol. The summed E-state index contributed by atoms with van der Waals surface area (Å²) in [6.45, 7) is 6.88. The standard InChI is InChI=1S/C15H24BN3/c1-4-15-18-11(2)17-12(3)19(15)16-13-7-5-8-14(16)10-6-9-13/h4,13-14H,5-10H2,1-3H3/b15-4+. The van der Waals surface area contributed by atoms with E-state index < -0.39 is 0 Å². The highest BCUT2D eigenvalue weighted by molar-refractivity contribution is 6.63. The van der Waals surface area contributed by atoms with Gasteiger partial charge in [0.15, 0.2) is 0 Å². The molecular weight excluding hydrogens is 233 g/mol. The first-order chi connectivity index (χ1) is 9.20. The quantitative estimate of drug-likeness (QED) is 0.650. The maximum absolute atomic E-state index is 4.65. The molecule has 0 spiro atoms. The number of nitrogens with zero attached hydrogens (tertiary/aromatic N) is 3. The van der Waals surface area contributed by atoms with Gasteiger partial charge in [-0.05, 0) is 38.5 Å². The molecule has 0 aliphatic carbocycles. The van der Waals surface area contributed by atoms with Crippen LogP contribution in [-0.2, 0) is 0 Å². The van der Waals surface area contributed by atoms with E-state index in [-0.39, 0.29) is 0 Å². The second-order valence-electron chi connectivity index (χ2n) is 6.21. The van der Waals surface area contributed by atoms with Gasteiger partial charge >= 0.3 is 0 Å². The molecule has 0 unspecified atom stereocenters. The summed E-state index contributed by atoms with van der Waals surface area (Å²) >= 11 is 0. The van der Waals surface area contributed by atoms with E-state index in [1.807, 2.05) is 6.92 Å². The molecule has 3 aliphatic rings. The van der Waals surface area contributed by atoms with Crippen molar-refractivity contribution in [3.63, 3.8) is 0 Å². The summed E-state index contributed by atoms with van der Waals surface area (Å²) in [5, 5.41) is 0. The highest BCUT2D eigenvalue weighted by atomic mass is 15.3.